The van der Waals surface area contributed by atoms with Gasteiger partial charge in [-0.2, -0.15) is 0 Å². The number of aliphatic hydroxyl groups excluding tert-OH is 1. The molecule has 0 bridgehead atoms. The van der Waals surface area contributed by atoms with Gasteiger partial charge in [0, 0.05) is 18.2 Å². The Hall–Kier alpha value is -1.26. The molecule has 0 saturated heterocycles. The van der Waals surface area contributed by atoms with Gasteiger partial charge in [-0.25, -0.2) is 0 Å². The molecule has 1 aromatic rings. The average Bonchev–Trinajstić information content (AvgIpc) is 2.36. The van der Waals surface area contributed by atoms with Crippen LogP contribution in [0.1, 0.15) is 38.3 Å². The molecule has 0 heterocycles. The van der Waals surface area contributed by atoms with E-state index in [-0.39, 0.29) is 24.1 Å². The number of phenols is 2. The van der Waals surface area contributed by atoms with Gasteiger partial charge in [0.15, 0.2) is 0 Å². The molecule has 2 unspecified atom stereocenters. The zero-order chi connectivity index (χ0) is 13.5. The van der Waals surface area contributed by atoms with Crippen molar-refractivity contribution in [3.63, 3.8) is 0 Å². The Morgan fingerprint density at radius 2 is 1.94 bits per heavy atom. The van der Waals surface area contributed by atoms with Crippen molar-refractivity contribution in [2.45, 2.75) is 32.7 Å². The third-order valence-corrected chi connectivity index (χ3v) is 3.11. The topological polar surface area (TPSA) is 72.7 Å². The van der Waals surface area contributed by atoms with Crippen LogP contribution in [0.2, 0.25) is 0 Å². The Kier molecular flexibility index (Phi) is 5.95. The van der Waals surface area contributed by atoms with Gasteiger partial charge >= 0.3 is 0 Å². The molecule has 2 atom stereocenters. The van der Waals surface area contributed by atoms with Gasteiger partial charge in [-0.3, -0.25) is 0 Å². The second-order valence-electron chi connectivity index (χ2n) is 4.85. The maximum absolute atomic E-state index is 9.70. The van der Waals surface area contributed by atoms with Gasteiger partial charge in [0.25, 0.3) is 0 Å². The summed E-state index contributed by atoms with van der Waals surface area (Å²) in [5, 5.41) is 31.3. The molecule has 0 aromatic heterocycles. The molecule has 4 nitrogen and oxygen atoms in total. The SMILES string of the molecule is CC(CO)CCCNC(C)c1cc(O)ccc1O. The van der Waals surface area contributed by atoms with Crippen molar-refractivity contribution in [2.75, 3.05) is 13.2 Å². The molecule has 18 heavy (non-hydrogen) atoms. The quantitative estimate of drug-likeness (QED) is 0.444. The Morgan fingerprint density at radius 3 is 2.61 bits per heavy atom. The first-order valence-corrected chi connectivity index (χ1v) is 6.40. The highest BCUT2D eigenvalue weighted by molar-refractivity contribution is 5.40. The van der Waals surface area contributed by atoms with E-state index in [1.807, 2.05) is 13.8 Å². The third-order valence-electron chi connectivity index (χ3n) is 3.11. The summed E-state index contributed by atoms with van der Waals surface area (Å²) >= 11 is 0. The number of aliphatic hydroxyl groups is 1. The molecule has 4 heteroatoms. The average molecular weight is 253 g/mol. The predicted octanol–water partition coefficient (Wildman–Crippen LogP) is 2.16. The Balaban J connectivity index is 2.40. The summed E-state index contributed by atoms with van der Waals surface area (Å²) in [6.07, 6.45) is 1.95. The molecule has 0 aliphatic rings. The summed E-state index contributed by atoms with van der Waals surface area (Å²) in [5.74, 6) is 0.679. The first-order valence-electron chi connectivity index (χ1n) is 6.40. The Morgan fingerprint density at radius 1 is 1.22 bits per heavy atom. The van der Waals surface area contributed by atoms with Crippen LogP contribution in [0, 0.1) is 5.92 Å². The lowest BCUT2D eigenvalue weighted by Gasteiger charge is -2.16. The van der Waals surface area contributed by atoms with Gasteiger partial charge in [0.05, 0.1) is 0 Å². The minimum atomic E-state index is -0.0125. The van der Waals surface area contributed by atoms with Crippen molar-refractivity contribution < 1.29 is 15.3 Å². The molecule has 0 fully saturated rings. The normalized spacial score (nSPS) is 14.4. The van der Waals surface area contributed by atoms with Crippen LogP contribution in [-0.4, -0.2) is 28.5 Å². The Bertz CT molecular complexity index is 368. The summed E-state index contributed by atoms with van der Waals surface area (Å²) in [5.41, 5.74) is 0.699. The smallest absolute Gasteiger partial charge is 0.120 e. The van der Waals surface area contributed by atoms with E-state index in [2.05, 4.69) is 5.32 Å². The summed E-state index contributed by atoms with van der Waals surface area (Å²) in [7, 11) is 0. The van der Waals surface area contributed by atoms with E-state index in [1.54, 1.807) is 6.07 Å². The van der Waals surface area contributed by atoms with E-state index in [4.69, 9.17) is 5.11 Å². The van der Waals surface area contributed by atoms with E-state index in [1.165, 1.54) is 12.1 Å². The highest BCUT2D eigenvalue weighted by atomic mass is 16.3. The van der Waals surface area contributed by atoms with Gasteiger partial charge in [-0.1, -0.05) is 6.92 Å². The number of nitrogens with one attached hydrogen (secondary N) is 1. The second kappa shape index (κ2) is 7.24. The van der Waals surface area contributed by atoms with Crippen LogP contribution in [0.5, 0.6) is 11.5 Å². The van der Waals surface area contributed by atoms with Gasteiger partial charge < -0.3 is 20.6 Å². The van der Waals surface area contributed by atoms with Crippen LogP contribution in [0.3, 0.4) is 0 Å². The summed E-state index contributed by atoms with van der Waals surface area (Å²) in [4.78, 5) is 0. The van der Waals surface area contributed by atoms with Gasteiger partial charge in [0.1, 0.15) is 11.5 Å². The summed E-state index contributed by atoms with van der Waals surface area (Å²) < 4.78 is 0. The molecule has 1 aromatic carbocycles. The van der Waals surface area contributed by atoms with Crippen molar-refractivity contribution in [3.05, 3.63) is 23.8 Å². The van der Waals surface area contributed by atoms with Crippen molar-refractivity contribution in [1.29, 1.82) is 0 Å². The van der Waals surface area contributed by atoms with Gasteiger partial charge in [0.2, 0.25) is 0 Å². The molecule has 0 radical (unpaired) electrons. The minimum Gasteiger partial charge on any atom is -0.508 e. The number of rotatable bonds is 7. The van der Waals surface area contributed by atoms with E-state index in [9.17, 15) is 10.2 Å². The second-order valence-corrected chi connectivity index (χ2v) is 4.85. The fourth-order valence-corrected chi connectivity index (χ4v) is 1.86. The molecule has 1 rings (SSSR count). The molecule has 0 aliphatic heterocycles. The van der Waals surface area contributed by atoms with Crippen LogP contribution in [0.4, 0.5) is 0 Å². The predicted molar refractivity (Wildman–Crippen MR) is 71.7 cm³/mol. The Labute approximate surface area is 108 Å². The summed E-state index contributed by atoms with van der Waals surface area (Å²) in [6, 6.07) is 4.52. The monoisotopic (exact) mass is 253 g/mol. The van der Waals surface area contributed by atoms with Crippen molar-refractivity contribution in [3.8, 4) is 11.5 Å². The maximum atomic E-state index is 9.70. The van der Waals surface area contributed by atoms with Crippen molar-refractivity contribution in [2.24, 2.45) is 5.92 Å². The fourth-order valence-electron chi connectivity index (χ4n) is 1.86. The molecule has 0 saturated carbocycles. The van der Waals surface area contributed by atoms with E-state index >= 15 is 0 Å². The molecular formula is C14H23NO3. The first kappa shape index (κ1) is 14.8. The lowest BCUT2D eigenvalue weighted by Crippen LogP contribution is -2.20. The standard InChI is InChI=1S/C14H23NO3/c1-10(9-16)4-3-7-15-11(2)13-8-12(17)5-6-14(13)18/h5-6,8,10-11,15-18H,3-4,7,9H2,1-2H3. The summed E-state index contributed by atoms with van der Waals surface area (Å²) in [6.45, 7) is 5.01. The minimum absolute atomic E-state index is 0.0125. The van der Waals surface area contributed by atoms with E-state index in [0.717, 1.165) is 19.4 Å². The van der Waals surface area contributed by atoms with Crippen LogP contribution < -0.4 is 5.32 Å². The number of phenolic OH excluding ortho intramolecular Hbond substituents is 2. The zero-order valence-corrected chi connectivity index (χ0v) is 11.1. The molecule has 0 spiro atoms. The first-order chi connectivity index (χ1) is 8.54. The number of aromatic hydroxyl groups is 2. The number of hydrogen-bond acceptors (Lipinski definition) is 4. The van der Waals surface area contributed by atoms with Crippen LogP contribution >= 0.6 is 0 Å². The molecule has 102 valence electrons. The van der Waals surface area contributed by atoms with Crippen molar-refractivity contribution in [1.82, 2.24) is 5.32 Å². The number of hydrogen-bond donors (Lipinski definition) is 4. The zero-order valence-electron chi connectivity index (χ0n) is 11.1. The number of benzene rings is 1. The fraction of sp³-hybridized carbons (Fsp3) is 0.571. The molecule has 0 amide bonds. The van der Waals surface area contributed by atoms with Crippen molar-refractivity contribution >= 4 is 0 Å². The largest absolute Gasteiger partial charge is 0.508 e. The third kappa shape index (κ3) is 4.55. The lowest BCUT2D eigenvalue weighted by molar-refractivity contribution is 0.227. The molecule has 4 N–H and O–H groups in total. The van der Waals surface area contributed by atoms with Gasteiger partial charge in [-0.05, 0) is 50.4 Å². The van der Waals surface area contributed by atoms with Gasteiger partial charge in [-0.15, -0.1) is 0 Å². The molecule has 0 aliphatic carbocycles. The maximum Gasteiger partial charge on any atom is 0.120 e. The highest BCUT2D eigenvalue weighted by Crippen LogP contribution is 2.27. The lowest BCUT2D eigenvalue weighted by atomic mass is 10.0. The molecular weight excluding hydrogens is 230 g/mol. The van der Waals surface area contributed by atoms with E-state index < -0.39 is 0 Å². The van der Waals surface area contributed by atoms with Crippen LogP contribution in [0.25, 0.3) is 0 Å². The highest BCUT2D eigenvalue weighted by Gasteiger charge is 2.10. The van der Waals surface area contributed by atoms with E-state index in [0.29, 0.717) is 11.5 Å². The van der Waals surface area contributed by atoms with Crippen LogP contribution in [-0.2, 0) is 0 Å². The van der Waals surface area contributed by atoms with Crippen LogP contribution in [0.15, 0.2) is 18.2 Å².